The van der Waals surface area contributed by atoms with Crippen LogP contribution in [0.1, 0.15) is 37.1 Å². The molecule has 29 heavy (non-hydrogen) atoms. The summed E-state index contributed by atoms with van der Waals surface area (Å²) in [4.78, 5) is 4.87. The molecule has 144 valence electrons. The van der Waals surface area contributed by atoms with Crippen LogP contribution >= 0.6 is 0 Å². The first kappa shape index (κ1) is 17.8. The van der Waals surface area contributed by atoms with Gasteiger partial charge in [-0.1, -0.05) is 84.9 Å². The molecule has 0 saturated carbocycles. The monoisotopic (exact) mass is 378 g/mol. The van der Waals surface area contributed by atoms with Crippen LogP contribution in [0.15, 0.2) is 97.3 Å². The average molecular weight is 379 g/mol. The number of benzene rings is 4. The lowest BCUT2D eigenvalue weighted by Crippen LogP contribution is -2.29. The Bertz CT molecular complexity index is 1090. The van der Waals surface area contributed by atoms with Crippen LogP contribution in [0.2, 0.25) is 0 Å². The van der Waals surface area contributed by atoms with E-state index in [1.54, 1.807) is 0 Å². The van der Waals surface area contributed by atoms with Gasteiger partial charge in [-0.05, 0) is 46.5 Å². The Morgan fingerprint density at radius 2 is 0.966 bits per heavy atom. The molecule has 0 amide bonds. The van der Waals surface area contributed by atoms with Crippen molar-refractivity contribution in [1.82, 2.24) is 9.80 Å². The second-order valence-corrected chi connectivity index (χ2v) is 7.96. The summed E-state index contributed by atoms with van der Waals surface area (Å²) in [6.07, 6.45) is 4.49. The summed E-state index contributed by atoms with van der Waals surface area (Å²) in [6.45, 7) is 5.51. The number of fused-ring (bicyclic) bond motifs is 2. The molecule has 0 bridgehead atoms. The first-order chi connectivity index (χ1) is 14.2. The number of nitrogens with zero attached hydrogens (tertiary/aromatic N) is 2. The molecule has 2 atom stereocenters. The summed E-state index contributed by atoms with van der Waals surface area (Å²) < 4.78 is 0. The van der Waals surface area contributed by atoms with E-state index in [9.17, 15) is 0 Å². The molecule has 0 aromatic heterocycles. The van der Waals surface area contributed by atoms with Crippen molar-refractivity contribution in [3.05, 3.63) is 108 Å². The van der Waals surface area contributed by atoms with E-state index in [-0.39, 0.29) is 0 Å². The van der Waals surface area contributed by atoms with Gasteiger partial charge >= 0.3 is 0 Å². The first-order valence-corrected chi connectivity index (χ1v) is 10.4. The van der Waals surface area contributed by atoms with Gasteiger partial charge in [-0.25, -0.2) is 0 Å². The zero-order valence-corrected chi connectivity index (χ0v) is 17.0. The van der Waals surface area contributed by atoms with E-state index < -0.39 is 0 Å². The Hall–Kier alpha value is -3.26. The van der Waals surface area contributed by atoms with Gasteiger partial charge in [0.1, 0.15) is 0 Å². The number of hydrogen-bond donors (Lipinski definition) is 0. The molecule has 2 unspecified atom stereocenters. The van der Waals surface area contributed by atoms with Crippen LogP contribution in [-0.4, -0.2) is 16.5 Å². The van der Waals surface area contributed by atoms with E-state index in [0.717, 1.165) is 6.67 Å². The van der Waals surface area contributed by atoms with E-state index in [0.29, 0.717) is 12.1 Å². The molecule has 1 aliphatic rings. The van der Waals surface area contributed by atoms with Crippen molar-refractivity contribution >= 4 is 21.5 Å². The van der Waals surface area contributed by atoms with Crippen molar-refractivity contribution in [3.63, 3.8) is 0 Å². The molecule has 2 nitrogen and oxygen atoms in total. The Kier molecular flexibility index (Phi) is 4.48. The smallest absolute Gasteiger partial charge is 0.0905 e. The largest absolute Gasteiger partial charge is 0.352 e. The van der Waals surface area contributed by atoms with Crippen LogP contribution < -0.4 is 0 Å². The van der Waals surface area contributed by atoms with Gasteiger partial charge in [-0.3, -0.25) is 0 Å². The highest BCUT2D eigenvalue weighted by atomic mass is 15.4. The molecule has 1 aliphatic heterocycles. The first-order valence-electron chi connectivity index (χ1n) is 10.4. The molecule has 4 aromatic carbocycles. The summed E-state index contributed by atoms with van der Waals surface area (Å²) in [5.74, 6) is 0. The Morgan fingerprint density at radius 3 is 1.45 bits per heavy atom. The van der Waals surface area contributed by atoms with Crippen molar-refractivity contribution in [2.24, 2.45) is 0 Å². The average Bonchev–Trinajstić information content (AvgIpc) is 3.28. The molecular formula is C27H26N2. The topological polar surface area (TPSA) is 6.48 Å². The van der Waals surface area contributed by atoms with Crippen molar-refractivity contribution in [3.8, 4) is 0 Å². The Morgan fingerprint density at radius 1 is 0.552 bits per heavy atom. The van der Waals surface area contributed by atoms with Gasteiger partial charge in [0.15, 0.2) is 0 Å². The SMILES string of the molecule is CC(c1cccc2ccccc12)N1C=CN(C(C)c2cccc3ccccc23)C1. The van der Waals surface area contributed by atoms with Crippen molar-refractivity contribution in [1.29, 1.82) is 0 Å². The van der Waals surface area contributed by atoms with Gasteiger partial charge in [-0.15, -0.1) is 0 Å². The van der Waals surface area contributed by atoms with Crippen LogP contribution in [0.25, 0.3) is 21.5 Å². The minimum atomic E-state index is 0.321. The molecule has 5 rings (SSSR count). The zero-order chi connectivity index (χ0) is 19.8. The van der Waals surface area contributed by atoms with Crippen LogP contribution in [0.4, 0.5) is 0 Å². The molecule has 0 aliphatic carbocycles. The van der Waals surface area contributed by atoms with E-state index in [4.69, 9.17) is 0 Å². The van der Waals surface area contributed by atoms with Crippen LogP contribution in [-0.2, 0) is 0 Å². The summed E-state index contributed by atoms with van der Waals surface area (Å²) in [5.41, 5.74) is 2.76. The Labute approximate surface area is 172 Å². The zero-order valence-electron chi connectivity index (χ0n) is 17.0. The van der Waals surface area contributed by atoms with E-state index >= 15 is 0 Å². The predicted molar refractivity (Wildman–Crippen MR) is 122 cm³/mol. The van der Waals surface area contributed by atoms with Gasteiger partial charge in [0.2, 0.25) is 0 Å². The third kappa shape index (κ3) is 3.15. The maximum absolute atomic E-state index is 2.43. The number of hydrogen-bond acceptors (Lipinski definition) is 2. The van der Waals surface area contributed by atoms with E-state index in [1.807, 2.05) is 0 Å². The molecule has 0 N–H and O–H groups in total. The molecule has 0 fully saturated rings. The van der Waals surface area contributed by atoms with E-state index in [2.05, 4.69) is 121 Å². The molecule has 0 saturated heterocycles. The third-order valence-electron chi connectivity index (χ3n) is 6.32. The fraction of sp³-hybridized carbons (Fsp3) is 0.185. The van der Waals surface area contributed by atoms with Crippen LogP contribution in [0.3, 0.4) is 0 Å². The molecule has 2 heteroatoms. The quantitative estimate of drug-likeness (QED) is 0.383. The van der Waals surface area contributed by atoms with Gasteiger partial charge in [0.05, 0.1) is 18.8 Å². The Balaban J connectivity index is 1.40. The lowest BCUT2D eigenvalue weighted by atomic mass is 9.98. The van der Waals surface area contributed by atoms with Gasteiger partial charge in [0, 0.05) is 12.4 Å². The maximum Gasteiger partial charge on any atom is 0.0905 e. The molecule has 0 radical (unpaired) electrons. The highest BCUT2D eigenvalue weighted by Crippen LogP contribution is 2.34. The fourth-order valence-electron chi connectivity index (χ4n) is 4.54. The second kappa shape index (κ2) is 7.29. The summed E-state index contributed by atoms with van der Waals surface area (Å²) in [5, 5.41) is 5.30. The van der Waals surface area contributed by atoms with Crippen molar-refractivity contribution in [2.45, 2.75) is 25.9 Å². The van der Waals surface area contributed by atoms with Crippen LogP contribution in [0, 0.1) is 0 Å². The molecular weight excluding hydrogens is 352 g/mol. The van der Waals surface area contributed by atoms with E-state index in [1.165, 1.54) is 32.7 Å². The summed E-state index contributed by atoms with van der Waals surface area (Å²) >= 11 is 0. The van der Waals surface area contributed by atoms with Crippen molar-refractivity contribution < 1.29 is 0 Å². The second-order valence-electron chi connectivity index (χ2n) is 7.96. The molecule has 4 aromatic rings. The predicted octanol–water partition coefficient (Wildman–Crippen LogP) is 6.86. The lowest BCUT2D eigenvalue weighted by Gasteiger charge is -2.31. The highest BCUT2D eigenvalue weighted by Gasteiger charge is 2.24. The summed E-state index contributed by atoms with van der Waals surface area (Å²) in [7, 11) is 0. The van der Waals surface area contributed by atoms with Gasteiger partial charge in [0.25, 0.3) is 0 Å². The standard InChI is InChI=1S/C27H26N2/c1-20(24-15-7-11-22-9-3-5-13-26(22)24)28-17-18-29(19-28)21(2)25-16-8-12-23-10-4-6-14-27(23)25/h3-18,20-21H,19H2,1-2H3. The maximum atomic E-state index is 2.43. The molecule has 0 spiro atoms. The minimum Gasteiger partial charge on any atom is -0.352 e. The van der Waals surface area contributed by atoms with Gasteiger partial charge < -0.3 is 9.80 Å². The third-order valence-corrected chi connectivity index (χ3v) is 6.32. The lowest BCUT2D eigenvalue weighted by molar-refractivity contribution is 0.192. The highest BCUT2D eigenvalue weighted by molar-refractivity contribution is 5.86. The van der Waals surface area contributed by atoms with Gasteiger partial charge in [-0.2, -0.15) is 0 Å². The fourth-order valence-corrected chi connectivity index (χ4v) is 4.54. The summed E-state index contributed by atoms with van der Waals surface area (Å²) in [6, 6.07) is 31.2. The number of rotatable bonds is 4. The van der Waals surface area contributed by atoms with Crippen LogP contribution in [0.5, 0.6) is 0 Å². The van der Waals surface area contributed by atoms with Crippen molar-refractivity contribution in [2.75, 3.05) is 6.67 Å². The normalized spacial score (nSPS) is 15.9. The molecule has 1 heterocycles. The minimum absolute atomic E-state index is 0.321.